The fraction of sp³-hybridized carbons (Fsp3) is 0.130. The number of halogens is 2. The van der Waals surface area contributed by atoms with Crippen LogP contribution in [-0.4, -0.2) is 31.6 Å². The average molecular weight is 447 g/mol. The Kier molecular flexibility index (Phi) is 4.97. The Bertz CT molecular complexity index is 1470. The zero-order valence-electron chi connectivity index (χ0n) is 18.0. The van der Waals surface area contributed by atoms with E-state index in [1.54, 1.807) is 55.9 Å². The summed E-state index contributed by atoms with van der Waals surface area (Å²) >= 11 is 0. The molecule has 3 aromatic heterocycles. The number of fused-ring (bicyclic) bond motifs is 1. The molecule has 3 heterocycles. The molecular weight excluding hydrogens is 428 g/mol. The second-order valence-corrected chi connectivity index (χ2v) is 7.46. The van der Waals surface area contributed by atoms with E-state index in [9.17, 15) is 4.39 Å². The summed E-state index contributed by atoms with van der Waals surface area (Å²) in [4.78, 5) is 8.91. The van der Waals surface area contributed by atoms with Gasteiger partial charge in [-0.15, -0.1) is 5.10 Å². The topological polar surface area (TPSA) is 93.2 Å². The monoisotopic (exact) mass is 447 g/mol. The summed E-state index contributed by atoms with van der Waals surface area (Å²) < 4.78 is 36.5. The number of rotatable bonds is 5. The lowest BCUT2D eigenvalue weighted by Gasteiger charge is -2.15. The molecule has 0 aliphatic carbocycles. The van der Waals surface area contributed by atoms with Crippen molar-refractivity contribution in [1.82, 2.24) is 24.6 Å². The molecule has 166 valence electrons. The minimum absolute atomic E-state index is 0.138. The first-order valence-electron chi connectivity index (χ1n) is 10.1. The molecule has 0 spiro atoms. The highest BCUT2D eigenvalue weighted by Gasteiger charge is 2.25. The lowest BCUT2D eigenvalue weighted by molar-refractivity contribution is 0.583. The van der Waals surface area contributed by atoms with Crippen LogP contribution in [0.1, 0.15) is 11.1 Å². The molecule has 0 saturated carbocycles. The lowest BCUT2D eigenvalue weighted by atomic mass is 10.0. The van der Waals surface area contributed by atoms with Gasteiger partial charge < -0.3 is 15.1 Å². The van der Waals surface area contributed by atoms with Crippen molar-refractivity contribution in [1.29, 1.82) is 0 Å². The van der Waals surface area contributed by atoms with E-state index in [4.69, 9.17) is 4.42 Å². The predicted octanol–water partition coefficient (Wildman–Crippen LogP) is 5.13. The average Bonchev–Trinajstić information content (AvgIpc) is 3.41. The van der Waals surface area contributed by atoms with E-state index < -0.39 is 5.82 Å². The standard InChI is InChI=1S/C23H19F2N7O/c1-12-10-14(24)11-13(2)18(12)28-20-19(29-22-27-8-5-9-32(20)22)17-15(6-4-7-16(17)25)21-30-31-23(26-3)33-21/h4-11,28H,1-3H3,(H,26,31). The van der Waals surface area contributed by atoms with Gasteiger partial charge in [0.1, 0.15) is 23.1 Å². The van der Waals surface area contributed by atoms with E-state index in [-0.39, 0.29) is 23.3 Å². The molecule has 0 saturated heterocycles. The Morgan fingerprint density at radius 3 is 2.55 bits per heavy atom. The number of hydrogen-bond donors (Lipinski definition) is 2. The third-order valence-electron chi connectivity index (χ3n) is 5.26. The summed E-state index contributed by atoms with van der Waals surface area (Å²) in [5, 5.41) is 14.0. The van der Waals surface area contributed by atoms with Crippen molar-refractivity contribution in [3.05, 3.63) is 71.6 Å². The molecule has 33 heavy (non-hydrogen) atoms. The van der Waals surface area contributed by atoms with Crippen molar-refractivity contribution in [3.8, 4) is 22.7 Å². The summed E-state index contributed by atoms with van der Waals surface area (Å²) in [5.41, 5.74) is 2.94. The molecule has 0 aliphatic heterocycles. The number of nitrogens with one attached hydrogen (secondary N) is 2. The van der Waals surface area contributed by atoms with Crippen LogP contribution < -0.4 is 10.6 Å². The maximum atomic E-state index is 15.3. The van der Waals surface area contributed by atoms with Gasteiger partial charge in [-0.05, 0) is 55.3 Å². The van der Waals surface area contributed by atoms with E-state index in [1.807, 2.05) is 0 Å². The molecule has 8 nitrogen and oxygen atoms in total. The third kappa shape index (κ3) is 3.55. The Morgan fingerprint density at radius 1 is 1.03 bits per heavy atom. The highest BCUT2D eigenvalue weighted by Crippen LogP contribution is 2.39. The third-order valence-corrected chi connectivity index (χ3v) is 5.26. The number of nitrogens with zero attached hydrogens (tertiary/aromatic N) is 5. The minimum atomic E-state index is -0.518. The number of aromatic nitrogens is 5. The van der Waals surface area contributed by atoms with E-state index in [0.29, 0.717) is 39.7 Å². The smallest absolute Gasteiger partial charge is 0.315 e. The van der Waals surface area contributed by atoms with Gasteiger partial charge in [0.2, 0.25) is 5.78 Å². The number of anilines is 3. The number of benzene rings is 2. The van der Waals surface area contributed by atoms with Gasteiger partial charge in [-0.25, -0.2) is 18.7 Å². The van der Waals surface area contributed by atoms with Gasteiger partial charge in [-0.1, -0.05) is 11.2 Å². The fourth-order valence-electron chi connectivity index (χ4n) is 3.78. The van der Waals surface area contributed by atoms with Crippen molar-refractivity contribution in [3.63, 3.8) is 0 Å². The lowest BCUT2D eigenvalue weighted by Crippen LogP contribution is -2.02. The second kappa shape index (κ2) is 7.97. The SMILES string of the molecule is CNc1nnc(-c2cccc(F)c2-c2nc3ncccn3c2Nc2c(C)cc(F)cc2C)o1. The van der Waals surface area contributed by atoms with Gasteiger partial charge in [0.05, 0.1) is 11.1 Å². The Hall–Kier alpha value is -4.34. The fourth-order valence-corrected chi connectivity index (χ4v) is 3.78. The summed E-state index contributed by atoms with van der Waals surface area (Å²) in [6, 6.07) is 9.39. The van der Waals surface area contributed by atoms with E-state index in [1.165, 1.54) is 18.2 Å². The molecule has 2 N–H and O–H groups in total. The van der Waals surface area contributed by atoms with Gasteiger partial charge in [-0.3, -0.25) is 4.40 Å². The maximum absolute atomic E-state index is 15.3. The summed E-state index contributed by atoms with van der Waals surface area (Å²) in [6.45, 7) is 3.59. The first-order valence-corrected chi connectivity index (χ1v) is 10.1. The van der Waals surface area contributed by atoms with Crippen LogP contribution in [0.4, 0.5) is 26.3 Å². The molecule has 5 aromatic rings. The van der Waals surface area contributed by atoms with E-state index in [0.717, 1.165) is 0 Å². The molecule has 5 rings (SSSR count). The number of hydrogen-bond acceptors (Lipinski definition) is 7. The Morgan fingerprint density at radius 2 is 1.82 bits per heavy atom. The highest BCUT2D eigenvalue weighted by atomic mass is 19.1. The second-order valence-electron chi connectivity index (χ2n) is 7.46. The van der Waals surface area contributed by atoms with Gasteiger partial charge >= 0.3 is 6.01 Å². The molecule has 2 aromatic carbocycles. The van der Waals surface area contributed by atoms with Crippen LogP contribution in [0.15, 0.2) is 53.2 Å². The minimum Gasteiger partial charge on any atom is -0.403 e. The quantitative estimate of drug-likeness (QED) is 0.386. The number of aryl methyl sites for hydroxylation is 2. The number of imidazole rings is 1. The Balaban J connectivity index is 1.76. The van der Waals surface area contributed by atoms with E-state index in [2.05, 4.69) is 30.8 Å². The van der Waals surface area contributed by atoms with Crippen molar-refractivity contribution in [2.24, 2.45) is 0 Å². The van der Waals surface area contributed by atoms with Crippen LogP contribution in [0.5, 0.6) is 0 Å². The van der Waals surface area contributed by atoms with Crippen LogP contribution in [0, 0.1) is 25.5 Å². The van der Waals surface area contributed by atoms with Gasteiger partial charge in [0.25, 0.3) is 5.89 Å². The zero-order valence-corrected chi connectivity index (χ0v) is 18.0. The van der Waals surface area contributed by atoms with Crippen molar-refractivity contribution >= 4 is 23.3 Å². The molecular formula is C23H19F2N7O. The normalized spacial score (nSPS) is 11.2. The molecule has 0 fully saturated rings. The van der Waals surface area contributed by atoms with Crippen LogP contribution in [0.2, 0.25) is 0 Å². The van der Waals surface area contributed by atoms with Crippen LogP contribution in [0.25, 0.3) is 28.5 Å². The first-order chi connectivity index (χ1) is 16.0. The van der Waals surface area contributed by atoms with Crippen molar-refractivity contribution in [2.45, 2.75) is 13.8 Å². The molecule has 0 bridgehead atoms. The molecule has 0 radical (unpaired) electrons. The Labute approximate surface area is 187 Å². The van der Waals surface area contributed by atoms with Crippen LogP contribution in [-0.2, 0) is 0 Å². The highest BCUT2D eigenvalue weighted by molar-refractivity contribution is 5.88. The molecule has 0 unspecified atom stereocenters. The van der Waals surface area contributed by atoms with Crippen LogP contribution >= 0.6 is 0 Å². The zero-order chi connectivity index (χ0) is 23.1. The van der Waals surface area contributed by atoms with Crippen molar-refractivity contribution < 1.29 is 13.2 Å². The molecule has 0 aliphatic rings. The maximum Gasteiger partial charge on any atom is 0.315 e. The largest absolute Gasteiger partial charge is 0.403 e. The van der Waals surface area contributed by atoms with Gasteiger partial charge in [-0.2, -0.15) is 0 Å². The molecule has 0 amide bonds. The van der Waals surface area contributed by atoms with Gasteiger partial charge in [0, 0.05) is 25.1 Å². The van der Waals surface area contributed by atoms with E-state index >= 15 is 4.39 Å². The first kappa shape index (κ1) is 20.6. The summed E-state index contributed by atoms with van der Waals surface area (Å²) in [5.74, 6) is 0.122. The summed E-state index contributed by atoms with van der Waals surface area (Å²) in [6.07, 6.45) is 3.37. The molecule has 0 atom stereocenters. The van der Waals surface area contributed by atoms with Gasteiger partial charge in [0.15, 0.2) is 0 Å². The predicted molar refractivity (Wildman–Crippen MR) is 120 cm³/mol. The molecule has 10 heteroatoms. The summed E-state index contributed by atoms with van der Waals surface area (Å²) in [7, 11) is 1.65. The van der Waals surface area contributed by atoms with Crippen molar-refractivity contribution in [2.75, 3.05) is 17.7 Å². The van der Waals surface area contributed by atoms with Crippen LogP contribution in [0.3, 0.4) is 0 Å².